The Labute approximate surface area is 66.4 Å². The van der Waals surface area contributed by atoms with Crippen LogP contribution in [0.25, 0.3) is 0 Å². The second-order valence-corrected chi connectivity index (χ2v) is 1.74. The summed E-state index contributed by atoms with van der Waals surface area (Å²) < 4.78 is 14.1. The summed E-state index contributed by atoms with van der Waals surface area (Å²) in [6, 6.07) is 0. The van der Waals surface area contributed by atoms with E-state index in [-0.39, 0.29) is 12.6 Å². The average molecular weight is 161 g/mol. The molecule has 0 aromatic carbocycles. The van der Waals surface area contributed by atoms with Crippen molar-refractivity contribution in [3.63, 3.8) is 0 Å². The summed E-state index contributed by atoms with van der Waals surface area (Å²) >= 11 is 0. The van der Waals surface area contributed by atoms with Crippen LogP contribution in [0.1, 0.15) is 0 Å². The van der Waals surface area contributed by atoms with Crippen molar-refractivity contribution in [1.82, 2.24) is 0 Å². The summed E-state index contributed by atoms with van der Waals surface area (Å²) in [7, 11) is 1.32. The van der Waals surface area contributed by atoms with Crippen LogP contribution in [0.2, 0.25) is 0 Å². The molecule has 0 unspecified atom stereocenters. The minimum absolute atomic E-state index is 0.0169. The van der Waals surface area contributed by atoms with Crippen molar-refractivity contribution < 1.29 is 19.0 Å². The van der Waals surface area contributed by atoms with Crippen LogP contribution in [0.5, 0.6) is 0 Å². The summed E-state index contributed by atoms with van der Waals surface area (Å²) in [6.07, 6.45) is 0. The van der Waals surface area contributed by atoms with Crippen molar-refractivity contribution >= 4 is 5.97 Å². The van der Waals surface area contributed by atoms with E-state index in [9.17, 15) is 4.79 Å². The number of hydrogen-bond donors (Lipinski definition) is 0. The molecule has 4 heteroatoms. The van der Waals surface area contributed by atoms with Crippen LogP contribution in [-0.4, -0.2) is 39.5 Å². The molecule has 0 rings (SSSR count). The largest absolute Gasteiger partial charge is 0.467 e. The van der Waals surface area contributed by atoms with E-state index in [1.165, 1.54) is 7.11 Å². The Bertz CT molecular complexity index is 103. The normalized spacial score (nSPS) is 9.64. The molecule has 4 nitrogen and oxygen atoms in total. The van der Waals surface area contributed by atoms with Gasteiger partial charge in [0.05, 0.1) is 20.3 Å². The highest BCUT2D eigenvalue weighted by Gasteiger charge is 1.97. The third-order valence-electron chi connectivity index (χ3n) is 0.964. The molecule has 0 N–H and O–H groups in total. The van der Waals surface area contributed by atoms with Crippen molar-refractivity contribution in [1.29, 1.82) is 0 Å². The highest BCUT2D eigenvalue weighted by molar-refractivity contribution is 5.70. The first-order valence-electron chi connectivity index (χ1n) is 3.32. The summed E-state index contributed by atoms with van der Waals surface area (Å²) in [4.78, 5) is 10.4. The first-order valence-corrected chi connectivity index (χ1v) is 3.32. The standard InChI is InChI=1S/C7H13O4/c1-3-10-4-5-11-6-7(8)9-2/h1,3-6H2,2H3. The van der Waals surface area contributed by atoms with E-state index >= 15 is 0 Å². The van der Waals surface area contributed by atoms with E-state index < -0.39 is 0 Å². The molecule has 0 aromatic heterocycles. The number of carbonyl (C=O) groups excluding carboxylic acids is 1. The first-order chi connectivity index (χ1) is 5.31. The van der Waals surface area contributed by atoms with Crippen LogP contribution in [0.3, 0.4) is 0 Å². The van der Waals surface area contributed by atoms with Gasteiger partial charge in [-0.15, -0.1) is 0 Å². The second kappa shape index (κ2) is 7.50. The number of methoxy groups -OCH3 is 1. The third kappa shape index (κ3) is 7.29. The molecule has 0 saturated heterocycles. The summed E-state index contributed by atoms with van der Waals surface area (Å²) in [5, 5.41) is 0. The van der Waals surface area contributed by atoms with Crippen LogP contribution in [0, 0.1) is 6.92 Å². The molecule has 0 aromatic rings. The van der Waals surface area contributed by atoms with Crippen LogP contribution in [0.4, 0.5) is 0 Å². The number of rotatable bonds is 6. The number of esters is 1. The Hall–Kier alpha value is -0.610. The molecule has 0 aliphatic heterocycles. The fourth-order valence-electron chi connectivity index (χ4n) is 0.434. The lowest BCUT2D eigenvalue weighted by Crippen LogP contribution is -2.13. The molecule has 0 fully saturated rings. The smallest absolute Gasteiger partial charge is 0.331 e. The molecular formula is C7H13O4. The Kier molecular flexibility index (Phi) is 7.08. The Morgan fingerprint density at radius 3 is 2.55 bits per heavy atom. The van der Waals surface area contributed by atoms with Gasteiger partial charge in [0.25, 0.3) is 0 Å². The maximum Gasteiger partial charge on any atom is 0.331 e. The molecule has 0 heterocycles. The minimum atomic E-state index is -0.375. The molecule has 0 amide bonds. The Balaban J connectivity index is 2.95. The van der Waals surface area contributed by atoms with Gasteiger partial charge in [0, 0.05) is 6.61 Å². The maximum absolute atomic E-state index is 10.4. The van der Waals surface area contributed by atoms with Gasteiger partial charge in [-0.2, -0.15) is 0 Å². The summed E-state index contributed by atoms with van der Waals surface area (Å²) in [5.74, 6) is -0.375. The number of hydrogen-bond acceptors (Lipinski definition) is 4. The lowest BCUT2D eigenvalue weighted by Gasteiger charge is -2.01. The Morgan fingerprint density at radius 1 is 1.36 bits per heavy atom. The number of ether oxygens (including phenoxy) is 3. The van der Waals surface area contributed by atoms with E-state index in [0.29, 0.717) is 19.8 Å². The van der Waals surface area contributed by atoms with Crippen LogP contribution in [-0.2, 0) is 19.0 Å². The van der Waals surface area contributed by atoms with E-state index in [1.807, 2.05) is 0 Å². The van der Waals surface area contributed by atoms with Gasteiger partial charge >= 0.3 is 5.97 Å². The fourth-order valence-corrected chi connectivity index (χ4v) is 0.434. The molecule has 0 spiro atoms. The van der Waals surface area contributed by atoms with Crippen molar-refractivity contribution in [3.05, 3.63) is 6.92 Å². The third-order valence-corrected chi connectivity index (χ3v) is 0.964. The minimum Gasteiger partial charge on any atom is -0.467 e. The van der Waals surface area contributed by atoms with Gasteiger partial charge in [0.15, 0.2) is 0 Å². The molecule has 11 heavy (non-hydrogen) atoms. The first kappa shape index (κ1) is 10.4. The molecule has 0 atom stereocenters. The van der Waals surface area contributed by atoms with Gasteiger partial charge in [-0.25, -0.2) is 4.79 Å². The van der Waals surface area contributed by atoms with E-state index in [1.54, 1.807) is 0 Å². The van der Waals surface area contributed by atoms with Gasteiger partial charge in [-0.3, -0.25) is 0 Å². The zero-order valence-corrected chi connectivity index (χ0v) is 6.67. The molecule has 0 bridgehead atoms. The molecule has 0 aliphatic rings. The molecule has 0 saturated carbocycles. The van der Waals surface area contributed by atoms with Crippen molar-refractivity contribution in [3.8, 4) is 0 Å². The van der Waals surface area contributed by atoms with E-state index in [0.717, 1.165) is 0 Å². The van der Waals surface area contributed by atoms with E-state index in [2.05, 4.69) is 11.7 Å². The monoisotopic (exact) mass is 161 g/mol. The van der Waals surface area contributed by atoms with Gasteiger partial charge in [-0.1, -0.05) is 0 Å². The quantitative estimate of drug-likeness (QED) is 0.407. The van der Waals surface area contributed by atoms with Crippen LogP contribution < -0.4 is 0 Å². The van der Waals surface area contributed by atoms with E-state index in [4.69, 9.17) is 9.47 Å². The predicted molar refractivity (Wildman–Crippen MR) is 39.0 cm³/mol. The highest BCUT2D eigenvalue weighted by Crippen LogP contribution is 1.79. The lowest BCUT2D eigenvalue weighted by molar-refractivity contribution is -0.146. The van der Waals surface area contributed by atoms with Gasteiger partial charge in [-0.05, 0) is 6.92 Å². The molecule has 65 valence electrons. The number of carbonyl (C=O) groups is 1. The summed E-state index contributed by atoms with van der Waals surface area (Å²) in [6.45, 7) is 4.72. The van der Waals surface area contributed by atoms with Crippen molar-refractivity contribution in [2.45, 2.75) is 0 Å². The van der Waals surface area contributed by atoms with Crippen molar-refractivity contribution in [2.75, 3.05) is 33.5 Å². The van der Waals surface area contributed by atoms with Gasteiger partial charge < -0.3 is 14.2 Å². The van der Waals surface area contributed by atoms with Crippen LogP contribution >= 0.6 is 0 Å². The van der Waals surface area contributed by atoms with Gasteiger partial charge in [0.2, 0.25) is 0 Å². The maximum atomic E-state index is 10.4. The zero-order chi connectivity index (χ0) is 8.53. The second-order valence-electron chi connectivity index (χ2n) is 1.74. The molecule has 1 radical (unpaired) electrons. The summed E-state index contributed by atoms with van der Waals surface area (Å²) in [5.41, 5.74) is 0. The van der Waals surface area contributed by atoms with Gasteiger partial charge in [0.1, 0.15) is 6.61 Å². The Morgan fingerprint density at radius 2 is 2.00 bits per heavy atom. The van der Waals surface area contributed by atoms with Crippen LogP contribution in [0.15, 0.2) is 0 Å². The highest BCUT2D eigenvalue weighted by atomic mass is 16.6. The molecule has 0 aliphatic carbocycles. The fraction of sp³-hybridized carbons (Fsp3) is 0.714. The van der Waals surface area contributed by atoms with Crippen molar-refractivity contribution in [2.24, 2.45) is 0 Å². The lowest BCUT2D eigenvalue weighted by atomic mass is 10.7. The predicted octanol–water partition coefficient (Wildman–Crippen LogP) is 0.0267. The molecular weight excluding hydrogens is 148 g/mol. The topological polar surface area (TPSA) is 44.8 Å². The zero-order valence-electron chi connectivity index (χ0n) is 6.67. The average Bonchev–Trinajstić information content (AvgIpc) is 2.04. The SMILES string of the molecule is [CH2]COCCOCC(=O)OC.